The van der Waals surface area contributed by atoms with Gasteiger partial charge in [0.25, 0.3) is 0 Å². The zero-order valence-electron chi connectivity index (χ0n) is 9.34. The van der Waals surface area contributed by atoms with E-state index in [1.807, 2.05) is 25.1 Å². The standard InChI is InChI=1S/C13H11N3O/c1-8-4-11-12(17-7-16-11)5-10(8)9-2-3-13(14)15-6-9/h2-7H,1H3,(H2,14,15). The lowest BCUT2D eigenvalue weighted by atomic mass is 10.0. The summed E-state index contributed by atoms with van der Waals surface area (Å²) in [5.74, 6) is 0.521. The van der Waals surface area contributed by atoms with Crippen LogP contribution in [0.1, 0.15) is 5.56 Å². The lowest BCUT2D eigenvalue weighted by molar-refractivity contribution is 0.602. The van der Waals surface area contributed by atoms with Crippen LogP contribution in [-0.2, 0) is 0 Å². The molecule has 2 aromatic heterocycles. The van der Waals surface area contributed by atoms with Gasteiger partial charge in [0, 0.05) is 11.8 Å². The highest BCUT2D eigenvalue weighted by atomic mass is 16.3. The molecule has 4 heteroatoms. The van der Waals surface area contributed by atoms with Gasteiger partial charge in [-0.2, -0.15) is 0 Å². The number of aromatic nitrogens is 2. The summed E-state index contributed by atoms with van der Waals surface area (Å²) in [5, 5.41) is 0. The molecule has 2 N–H and O–H groups in total. The molecule has 1 aromatic carbocycles. The number of benzene rings is 1. The van der Waals surface area contributed by atoms with Crippen LogP contribution in [0.5, 0.6) is 0 Å². The Balaban J connectivity index is 2.21. The summed E-state index contributed by atoms with van der Waals surface area (Å²) in [6.45, 7) is 2.04. The molecule has 3 aromatic rings. The predicted molar refractivity (Wildman–Crippen MR) is 66.4 cm³/mol. The van der Waals surface area contributed by atoms with E-state index in [0.717, 1.165) is 27.8 Å². The van der Waals surface area contributed by atoms with Gasteiger partial charge in [0.05, 0.1) is 0 Å². The van der Waals surface area contributed by atoms with E-state index in [2.05, 4.69) is 9.97 Å². The van der Waals surface area contributed by atoms with Crippen LogP contribution in [0.15, 0.2) is 41.3 Å². The van der Waals surface area contributed by atoms with Crippen molar-refractivity contribution in [1.29, 1.82) is 0 Å². The summed E-state index contributed by atoms with van der Waals surface area (Å²) in [6.07, 6.45) is 3.22. The normalized spacial score (nSPS) is 10.9. The maximum absolute atomic E-state index is 5.58. The Morgan fingerprint density at radius 1 is 1.18 bits per heavy atom. The summed E-state index contributed by atoms with van der Waals surface area (Å²) >= 11 is 0. The van der Waals surface area contributed by atoms with Gasteiger partial charge in [-0.25, -0.2) is 9.97 Å². The molecule has 4 nitrogen and oxygen atoms in total. The molecule has 0 saturated carbocycles. The molecule has 0 aliphatic carbocycles. The fourth-order valence-electron chi connectivity index (χ4n) is 1.88. The lowest BCUT2D eigenvalue weighted by Crippen LogP contribution is -1.90. The summed E-state index contributed by atoms with van der Waals surface area (Å²) in [7, 11) is 0. The molecule has 2 heterocycles. The van der Waals surface area contributed by atoms with Crippen LogP contribution < -0.4 is 5.73 Å². The van der Waals surface area contributed by atoms with Crippen molar-refractivity contribution >= 4 is 16.9 Å². The van der Waals surface area contributed by atoms with Crippen molar-refractivity contribution in [3.63, 3.8) is 0 Å². The topological polar surface area (TPSA) is 64.9 Å². The highest BCUT2D eigenvalue weighted by Gasteiger charge is 2.07. The Kier molecular flexibility index (Phi) is 2.08. The Morgan fingerprint density at radius 3 is 2.82 bits per heavy atom. The highest BCUT2D eigenvalue weighted by Crippen LogP contribution is 2.27. The number of hydrogen-bond acceptors (Lipinski definition) is 4. The third-order valence-corrected chi connectivity index (χ3v) is 2.77. The number of fused-ring (bicyclic) bond motifs is 1. The molecule has 0 amide bonds. The quantitative estimate of drug-likeness (QED) is 0.691. The Hall–Kier alpha value is -2.36. The van der Waals surface area contributed by atoms with Crippen LogP contribution in [-0.4, -0.2) is 9.97 Å². The maximum Gasteiger partial charge on any atom is 0.181 e. The zero-order chi connectivity index (χ0) is 11.8. The van der Waals surface area contributed by atoms with Gasteiger partial charge < -0.3 is 10.2 Å². The Bertz CT molecular complexity index is 671. The van der Waals surface area contributed by atoms with E-state index in [0.29, 0.717) is 5.82 Å². The van der Waals surface area contributed by atoms with E-state index in [-0.39, 0.29) is 0 Å². The number of aryl methyl sites for hydroxylation is 1. The number of anilines is 1. The average Bonchev–Trinajstić information content (AvgIpc) is 2.76. The fourth-order valence-corrected chi connectivity index (χ4v) is 1.88. The smallest absolute Gasteiger partial charge is 0.181 e. The van der Waals surface area contributed by atoms with Crippen molar-refractivity contribution in [1.82, 2.24) is 9.97 Å². The van der Waals surface area contributed by atoms with Crippen LogP contribution in [0.25, 0.3) is 22.2 Å². The van der Waals surface area contributed by atoms with Gasteiger partial charge in [0.2, 0.25) is 0 Å². The van der Waals surface area contributed by atoms with Gasteiger partial charge in [-0.1, -0.05) is 0 Å². The number of nitrogens with zero attached hydrogens (tertiary/aromatic N) is 2. The molecule has 0 saturated heterocycles. The van der Waals surface area contributed by atoms with Crippen molar-refractivity contribution in [3.05, 3.63) is 42.4 Å². The van der Waals surface area contributed by atoms with Gasteiger partial charge in [0.1, 0.15) is 11.3 Å². The third kappa shape index (κ3) is 1.63. The first-order valence-electron chi connectivity index (χ1n) is 5.30. The first kappa shape index (κ1) is 9.84. The monoisotopic (exact) mass is 225 g/mol. The highest BCUT2D eigenvalue weighted by molar-refractivity contribution is 5.82. The number of nitrogen functional groups attached to an aromatic ring is 1. The van der Waals surface area contributed by atoms with Crippen molar-refractivity contribution in [2.24, 2.45) is 0 Å². The largest absolute Gasteiger partial charge is 0.443 e. The first-order chi connectivity index (χ1) is 8.24. The van der Waals surface area contributed by atoms with Crippen molar-refractivity contribution < 1.29 is 4.42 Å². The van der Waals surface area contributed by atoms with E-state index in [9.17, 15) is 0 Å². The molecule has 0 radical (unpaired) electrons. The van der Waals surface area contributed by atoms with Crippen molar-refractivity contribution in [2.75, 3.05) is 5.73 Å². The SMILES string of the molecule is Cc1cc2ncoc2cc1-c1ccc(N)nc1. The van der Waals surface area contributed by atoms with Crippen LogP contribution in [0.4, 0.5) is 5.82 Å². The minimum absolute atomic E-state index is 0.521. The summed E-state index contributed by atoms with van der Waals surface area (Å²) in [5.41, 5.74) is 10.5. The number of hydrogen-bond donors (Lipinski definition) is 1. The molecular formula is C13H11N3O. The molecule has 0 bridgehead atoms. The molecule has 0 aliphatic rings. The minimum Gasteiger partial charge on any atom is -0.443 e. The number of oxazole rings is 1. The lowest BCUT2D eigenvalue weighted by Gasteiger charge is -2.05. The molecule has 0 aliphatic heterocycles. The van der Waals surface area contributed by atoms with E-state index < -0.39 is 0 Å². The van der Waals surface area contributed by atoms with E-state index >= 15 is 0 Å². The fraction of sp³-hybridized carbons (Fsp3) is 0.0769. The van der Waals surface area contributed by atoms with Gasteiger partial charge in [-0.15, -0.1) is 0 Å². The Labute approximate surface area is 98.1 Å². The number of nitrogens with two attached hydrogens (primary N) is 1. The number of pyridine rings is 1. The molecule has 0 fully saturated rings. The summed E-state index contributed by atoms with van der Waals surface area (Å²) in [6, 6.07) is 7.72. The second-order valence-corrected chi connectivity index (χ2v) is 3.96. The summed E-state index contributed by atoms with van der Waals surface area (Å²) in [4.78, 5) is 8.22. The van der Waals surface area contributed by atoms with Crippen molar-refractivity contribution in [3.8, 4) is 11.1 Å². The maximum atomic E-state index is 5.58. The zero-order valence-corrected chi connectivity index (χ0v) is 9.34. The third-order valence-electron chi connectivity index (χ3n) is 2.77. The van der Waals surface area contributed by atoms with Crippen LogP contribution in [0.2, 0.25) is 0 Å². The molecule has 3 rings (SSSR count). The molecule has 17 heavy (non-hydrogen) atoms. The van der Waals surface area contributed by atoms with E-state index in [1.54, 1.807) is 12.3 Å². The predicted octanol–water partition coefficient (Wildman–Crippen LogP) is 2.78. The van der Waals surface area contributed by atoms with Gasteiger partial charge in [0.15, 0.2) is 12.0 Å². The van der Waals surface area contributed by atoms with Crippen LogP contribution in [0.3, 0.4) is 0 Å². The van der Waals surface area contributed by atoms with Crippen molar-refractivity contribution in [2.45, 2.75) is 6.92 Å². The van der Waals surface area contributed by atoms with Gasteiger partial charge in [-0.05, 0) is 42.3 Å². The molecule has 0 spiro atoms. The first-order valence-corrected chi connectivity index (χ1v) is 5.30. The Morgan fingerprint density at radius 2 is 2.06 bits per heavy atom. The minimum atomic E-state index is 0.521. The summed E-state index contributed by atoms with van der Waals surface area (Å²) < 4.78 is 5.30. The number of rotatable bonds is 1. The molecule has 0 unspecified atom stereocenters. The molecular weight excluding hydrogens is 214 g/mol. The second-order valence-electron chi connectivity index (χ2n) is 3.96. The van der Waals surface area contributed by atoms with E-state index in [4.69, 9.17) is 10.2 Å². The average molecular weight is 225 g/mol. The molecule has 0 atom stereocenters. The van der Waals surface area contributed by atoms with Crippen LogP contribution in [0, 0.1) is 6.92 Å². The van der Waals surface area contributed by atoms with Gasteiger partial charge in [-0.3, -0.25) is 0 Å². The van der Waals surface area contributed by atoms with Crippen LogP contribution >= 0.6 is 0 Å². The van der Waals surface area contributed by atoms with E-state index in [1.165, 1.54) is 6.39 Å². The van der Waals surface area contributed by atoms with Gasteiger partial charge >= 0.3 is 0 Å². The second kappa shape index (κ2) is 3.59. The molecule has 84 valence electrons.